The molecule has 0 unspecified atom stereocenters. The lowest BCUT2D eigenvalue weighted by atomic mass is 9.99. The Hall–Kier alpha value is -4.56. The summed E-state index contributed by atoms with van der Waals surface area (Å²) < 4.78 is 2.17. The predicted molar refractivity (Wildman–Crippen MR) is 187 cm³/mol. The van der Waals surface area contributed by atoms with Gasteiger partial charge in [-0.05, 0) is 84.4 Å². The maximum Gasteiger partial charge on any atom is 0.0545 e. The summed E-state index contributed by atoms with van der Waals surface area (Å²) in [4.78, 5) is 2.43. The van der Waals surface area contributed by atoms with Gasteiger partial charge in [-0.3, -0.25) is 0 Å². The van der Waals surface area contributed by atoms with Crippen LogP contribution in [0.1, 0.15) is 68.0 Å². The van der Waals surface area contributed by atoms with Crippen molar-refractivity contribution in [2.24, 2.45) is 7.05 Å². The molecule has 0 radical (unpaired) electrons. The largest absolute Gasteiger partial charge is 0.350 e. The first kappa shape index (κ1) is 30.4. The van der Waals surface area contributed by atoms with Crippen molar-refractivity contribution in [3.63, 3.8) is 0 Å². The summed E-state index contributed by atoms with van der Waals surface area (Å²) >= 11 is 0. The monoisotopic (exact) mass is 552 g/mol. The van der Waals surface area contributed by atoms with Crippen molar-refractivity contribution in [1.29, 1.82) is 0 Å². The van der Waals surface area contributed by atoms with Gasteiger partial charge in [0, 0.05) is 42.3 Å². The van der Waals surface area contributed by atoms with E-state index in [-0.39, 0.29) is 0 Å². The Morgan fingerprint density at radius 2 is 1.67 bits per heavy atom. The van der Waals surface area contributed by atoms with Gasteiger partial charge in [0.05, 0.1) is 5.69 Å². The van der Waals surface area contributed by atoms with E-state index in [9.17, 15) is 0 Å². The van der Waals surface area contributed by atoms with Crippen LogP contribution in [0.2, 0.25) is 0 Å². The topological polar surface area (TPSA) is 8.17 Å². The summed E-state index contributed by atoms with van der Waals surface area (Å²) in [6, 6.07) is 17.9. The van der Waals surface area contributed by atoms with Crippen LogP contribution in [0.5, 0.6) is 0 Å². The third kappa shape index (κ3) is 6.83. The van der Waals surface area contributed by atoms with Crippen molar-refractivity contribution in [3.8, 4) is 0 Å². The van der Waals surface area contributed by atoms with Gasteiger partial charge in [0.25, 0.3) is 0 Å². The first-order valence-electron chi connectivity index (χ1n) is 15.1. The minimum atomic E-state index is 0.923. The molecule has 2 aromatic carbocycles. The molecule has 0 spiro atoms. The van der Waals surface area contributed by atoms with Gasteiger partial charge < -0.3 is 9.47 Å². The van der Waals surface area contributed by atoms with E-state index < -0.39 is 0 Å². The predicted octanol–water partition coefficient (Wildman–Crippen LogP) is 11.3. The van der Waals surface area contributed by atoms with Gasteiger partial charge in [0.2, 0.25) is 0 Å². The first-order chi connectivity index (χ1) is 20.6. The van der Waals surface area contributed by atoms with Crippen LogP contribution in [-0.2, 0) is 13.5 Å². The lowest BCUT2D eigenvalue weighted by Gasteiger charge is -2.22. The molecule has 0 amide bonds. The molecule has 0 atom stereocenters. The van der Waals surface area contributed by atoms with Crippen molar-refractivity contribution in [3.05, 3.63) is 156 Å². The van der Waals surface area contributed by atoms with E-state index in [1.165, 1.54) is 63.4 Å². The zero-order chi connectivity index (χ0) is 29.9. The van der Waals surface area contributed by atoms with Gasteiger partial charge in [-0.2, -0.15) is 0 Å². The lowest BCUT2D eigenvalue weighted by molar-refractivity contribution is 0.876. The maximum absolute atomic E-state index is 4.35. The number of nitrogens with zero attached hydrogens (tertiary/aromatic N) is 2. The number of fused-ring (bicyclic) bond motifs is 2. The van der Waals surface area contributed by atoms with Crippen molar-refractivity contribution in [2.75, 3.05) is 4.90 Å². The molecule has 3 aliphatic rings. The van der Waals surface area contributed by atoms with E-state index in [2.05, 4.69) is 121 Å². The average Bonchev–Trinajstić information content (AvgIpc) is 3.44. The van der Waals surface area contributed by atoms with E-state index in [0.717, 1.165) is 18.4 Å². The number of allylic oxidation sites excluding steroid dienone is 12. The molecule has 6 rings (SSSR count). The Morgan fingerprint density at radius 1 is 0.857 bits per heavy atom. The van der Waals surface area contributed by atoms with Crippen molar-refractivity contribution in [2.45, 2.75) is 46.5 Å². The highest BCUT2D eigenvalue weighted by Gasteiger charge is 2.28. The number of anilines is 2. The molecule has 2 aliphatic carbocycles. The fraction of sp³-hybridized carbons (Fsp3) is 0.200. The maximum atomic E-state index is 4.35. The standard InChI is InChI=1S/C31H28N2.C7H10.C2H6/c1-22-12-13-25-10-7-11-30-29(25)21-28(20-26-18-19-32(2)31(22)26)33(30)27-16-14-24(15-17-27)23-8-5-3-4-6-9-23;1-3-5-7-6-4-2;1-2/h5,7-20H,1,3-4,6,21H2,2H3;3-7H,1H2,2H3;1-2H3/b;6-4-,7-5-;. The molecular formula is C40H44N2. The summed E-state index contributed by atoms with van der Waals surface area (Å²) in [6.45, 7) is 13.8. The van der Waals surface area contributed by atoms with E-state index in [1.54, 1.807) is 6.08 Å². The number of hydrogen-bond donors (Lipinski definition) is 0. The molecule has 2 heterocycles. The molecule has 42 heavy (non-hydrogen) atoms. The number of benzene rings is 2. The normalized spacial score (nSPS) is 15.2. The van der Waals surface area contributed by atoms with Crippen LogP contribution in [-0.4, -0.2) is 4.57 Å². The number of hydrogen-bond acceptors (Lipinski definition) is 1. The van der Waals surface area contributed by atoms with Crippen LogP contribution in [0.25, 0.3) is 23.3 Å². The fourth-order valence-corrected chi connectivity index (χ4v) is 5.55. The van der Waals surface area contributed by atoms with Gasteiger partial charge in [0.1, 0.15) is 0 Å². The van der Waals surface area contributed by atoms with Crippen molar-refractivity contribution < 1.29 is 0 Å². The highest BCUT2D eigenvalue weighted by Crippen LogP contribution is 2.44. The molecule has 0 fully saturated rings. The van der Waals surface area contributed by atoms with E-state index >= 15 is 0 Å². The molecular weight excluding hydrogens is 508 g/mol. The molecule has 0 saturated heterocycles. The molecule has 0 N–H and O–H groups in total. The fourth-order valence-electron chi connectivity index (χ4n) is 5.55. The second-order valence-electron chi connectivity index (χ2n) is 10.3. The smallest absolute Gasteiger partial charge is 0.0545 e. The van der Waals surface area contributed by atoms with Crippen molar-refractivity contribution in [1.82, 2.24) is 4.57 Å². The zero-order valence-electron chi connectivity index (χ0n) is 25.7. The summed E-state index contributed by atoms with van der Waals surface area (Å²) in [7, 11) is 2.09. The molecule has 2 nitrogen and oxygen atoms in total. The van der Waals surface area contributed by atoms with Crippen LogP contribution in [0.15, 0.2) is 128 Å². The molecule has 2 heteroatoms. The zero-order valence-corrected chi connectivity index (χ0v) is 25.7. The quantitative estimate of drug-likeness (QED) is 0.292. The van der Waals surface area contributed by atoms with E-state index in [1.807, 2.05) is 45.1 Å². The number of aromatic nitrogens is 1. The van der Waals surface area contributed by atoms with Crippen LogP contribution in [0.3, 0.4) is 0 Å². The van der Waals surface area contributed by atoms with Crippen LogP contribution >= 0.6 is 0 Å². The molecule has 2 bridgehead atoms. The van der Waals surface area contributed by atoms with E-state index in [4.69, 9.17) is 0 Å². The van der Waals surface area contributed by atoms with Crippen molar-refractivity contribution >= 4 is 34.7 Å². The number of rotatable bonds is 4. The van der Waals surface area contributed by atoms with Gasteiger partial charge in [-0.15, -0.1) is 0 Å². The highest BCUT2D eigenvalue weighted by atomic mass is 15.2. The second kappa shape index (κ2) is 14.9. The third-order valence-corrected chi connectivity index (χ3v) is 7.51. The minimum Gasteiger partial charge on any atom is -0.350 e. The second-order valence-corrected chi connectivity index (χ2v) is 10.3. The van der Waals surface area contributed by atoms with Gasteiger partial charge in [0.15, 0.2) is 0 Å². The van der Waals surface area contributed by atoms with Gasteiger partial charge in [-0.25, -0.2) is 0 Å². The molecule has 3 aromatic rings. The Bertz CT molecular complexity index is 1580. The Kier molecular flexibility index (Phi) is 10.8. The molecule has 1 aromatic heterocycles. The average molecular weight is 553 g/mol. The van der Waals surface area contributed by atoms with Gasteiger partial charge in [-0.1, -0.05) is 112 Å². The Labute approximate surface area is 253 Å². The summed E-state index contributed by atoms with van der Waals surface area (Å²) in [5, 5.41) is 0. The molecule has 0 saturated carbocycles. The van der Waals surface area contributed by atoms with Crippen LogP contribution < -0.4 is 4.90 Å². The summed E-state index contributed by atoms with van der Waals surface area (Å²) in [5.74, 6) is 0. The van der Waals surface area contributed by atoms with E-state index in [0.29, 0.717) is 0 Å². The lowest BCUT2D eigenvalue weighted by Crippen LogP contribution is -2.11. The minimum absolute atomic E-state index is 0.923. The summed E-state index contributed by atoms with van der Waals surface area (Å²) in [6.07, 6.45) is 29.8. The van der Waals surface area contributed by atoms with Gasteiger partial charge >= 0.3 is 0 Å². The molecule has 214 valence electrons. The van der Waals surface area contributed by atoms with Crippen LogP contribution in [0, 0.1) is 0 Å². The Morgan fingerprint density at radius 3 is 2.43 bits per heavy atom. The summed E-state index contributed by atoms with van der Waals surface area (Å²) in [5.41, 5.74) is 12.5. The highest BCUT2D eigenvalue weighted by molar-refractivity contribution is 5.89. The SMILES string of the molecule is C=C/C=C\C=C/C.C=C1C=Cc2cccc3c2CC(=Cc2ccn(C)c21)N3c1ccc(C2=CCCCC=C2)cc1.CC. The third-order valence-electron chi connectivity index (χ3n) is 7.51. The van der Waals surface area contributed by atoms with Crippen LogP contribution in [0.4, 0.5) is 11.4 Å². The Balaban J connectivity index is 0.000000398. The molecule has 1 aliphatic heterocycles. The first-order valence-corrected chi connectivity index (χ1v) is 15.1. The number of aryl methyl sites for hydroxylation is 1.